The highest BCUT2D eigenvalue weighted by Gasteiger charge is 2.15. The van der Waals surface area contributed by atoms with Crippen molar-refractivity contribution in [2.45, 2.75) is 20.4 Å². The number of nitrogens with zero attached hydrogens (tertiary/aromatic N) is 2. The van der Waals surface area contributed by atoms with E-state index in [1.807, 2.05) is 31.2 Å². The Hall–Kier alpha value is -1.81. The highest BCUT2D eigenvalue weighted by atomic mass is 35.5. The van der Waals surface area contributed by atoms with Gasteiger partial charge in [-0.15, -0.1) is 0 Å². The monoisotopic (exact) mass is 278 g/mol. The number of ether oxygens (including phenoxy) is 1. The molecule has 0 N–H and O–H groups in total. The molecule has 4 nitrogen and oxygen atoms in total. The lowest BCUT2D eigenvalue weighted by Crippen LogP contribution is -2.06. The van der Waals surface area contributed by atoms with Gasteiger partial charge in [-0.2, -0.15) is 5.10 Å². The summed E-state index contributed by atoms with van der Waals surface area (Å²) in [6.45, 7) is 4.77. The Morgan fingerprint density at radius 3 is 2.58 bits per heavy atom. The maximum Gasteiger partial charge on any atom is 0.358 e. The molecule has 100 valence electrons. The summed E-state index contributed by atoms with van der Waals surface area (Å²) < 4.78 is 6.73. The molecule has 1 aromatic heterocycles. The average Bonchev–Trinajstić information content (AvgIpc) is 2.84. The fourth-order valence-electron chi connectivity index (χ4n) is 1.82. The minimum absolute atomic E-state index is 0.327. The van der Waals surface area contributed by atoms with Gasteiger partial charge in [0.1, 0.15) is 0 Å². The molecule has 0 saturated heterocycles. The zero-order chi connectivity index (χ0) is 13.8. The van der Waals surface area contributed by atoms with Gasteiger partial charge in [-0.1, -0.05) is 23.7 Å². The predicted octanol–water partition coefficient (Wildman–Crippen LogP) is 3.40. The molecule has 1 aromatic carbocycles. The van der Waals surface area contributed by atoms with Crippen molar-refractivity contribution in [3.63, 3.8) is 0 Å². The van der Waals surface area contributed by atoms with Crippen molar-refractivity contribution in [2.24, 2.45) is 0 Å². The Labute approximate surface area is 116 Å². The molecule has 0 aliphatic rings. The number of aryl methyl sites for hydroxylation is 1. The highest BCUT2D eigenvalue weighted by Crippen LogP contribution is 2.23. The normalized spacial score (nSPS) is 10.5. The summed E-state index contributed by atoms with van der Waals surface area (Å²) >= 11 is 5.87. The van der Waals surface area contributed by atoms with Crippen molar-refractivity contribution < 1.29 is 9.53 Å². The van der Waals surface area contributed by atoms with Gasteiger partial charge in [-0.3, -0.25) is 4.68 Å². The van der Waals surface area contributed by atoms with Crippen LogP contribution in [0.4, 0.5) is 0 Å². The number of hydrogen-bond acceptors (Lipinski definition) is 3. The molecular formula is C14H15ClN2O2. The second-order valence-corrected chi connectivity index (χ2v) is 4.39. The SMILES string of the molecule is CCOC(=O)c1cc(-c2ccc(Cl)cc2)n(CC)n1. The molecule has 0 unspecified atom stereocenters. The quantitative estimate of drug-likeness (QED) is 0.805. The number of hydrogen-bond donors (Lipinski definition) is 0. The van der Waals surface area contributed by atoms with E-state index in [0.29, 0.717) is 23.9 Å². The van der Waals surface area contributed by atoms with E-state index in [9.17, 15) is 4.79 Å². The molecule has 0 spiro atoms. The van der Waals surface area contributed by atoms with E-state index in [2.05, 4.69) is 5.10 Å². The van der Waals surface area contributed by atoms with Crippen LogP contribution in [0.2, 0.25) is 5.02 Å². The van der Waals surface area contributed by atoms with Gasteiger partial charge in [0.25, 0.3) is 0 Å². The molecule has 0 atom stereocenters. The molecule has 0 bridgehead atoms. The van der Waals surface area contributed by atoms with Crippen molar-refractivity contribution in [3.05, 3.63) is 41.0 Å². The summed E-state index contributed by atoms with van der Waals surface area (Å²) in [5.41, 5.74) is 2.17. The Morgan fingerprint density at radius 1 is 1.32 bits per heavy atom. The van der Waals surface area contributed by atoms with Crippen LogP contribution in [0, 0.1) is 0 Å². The van der Waals surface area contributed by atoms with Gasteiger partial charge in [0, 0.05) is 11.6 Å². The zero-order valence-electron chi connectivity index (χ0n) is 10.9. The highest BCUT2D eigenvalue weighted by molar-refractivity contribution is 6.30. The van der Waals surface area contributed by atoms with E-state index in [1.165, 1.54) is 0 Å². The van der Waals surface area contributed by atoms with E-state index in [4.69, 9.17) is 16.3 Å². The van der Waals surface area contributed by atoms with E-state index in [1.54, 1.807) is 17.7 Å². The lowest BCUT2D eigenvalue weighted by atomic mass is 10.1. The molecule has 1 heterocycles. The van der Waals surface area contributed by atoms with Crippen LogP contribution in [0.25, 0.3) is 11.3 Å². The predicted molar refractivity (Wildman–Crippen MR) is 74.3 cm³/mol. The summed E-state index contributed by atoms with van der Waals surface area (Å²) in [4.78, 5) is 11.7. The molecule has 0 amide bonds. The lowest BCUT2D eigenvalue weighted by molar-refractivity contribution is 0.0518. The number of rotatable bonds is 4. The van der Waals surface area contributed by atoms with Gasteiger partial charge in [-0.25, -0.2) is 4.79 Å². The first-order valence-electron chi connectivity index (χ1n) is 6.16. The topological polar surface area (TPSA) is 44.1 Å². The Balaban J connectivity index is 2.39. The summed E-state index contributed by atoms with van der Waals surface area (Å²) in [6, 6.07) is 9.17. The lowest BCUT2D eigenvalue weighted by Gasteiger charge is -2.04. The first-order chi connectivity index (χ1) is 9.15. The molecular weight excluding hydrogens is 264 g/mol. The summed E-state index contributed by atoms with van der Waals surface area (Å²) in [7, 11) is 0. The van der Waals surface area contributed by atoms with Gasteiger partial charge in [0.2, 0.25) is 0 Å². The second-order valence-electron chi connectivity index (χ2n) is 3.96. The zero-order valence-corrected chi connectivity index (χ0v) is 11.6. The number of esters is 1. The van der Waals surface area contributed by atoms with Gasteiger partial charge in [-0.05, 0) is 37.6 Å². The molecule has 0 saturated carbocycles. The molecule has 0 aliphatic heterocycles. The minimum Gasteiger partial charge on any atom is -0.461 e. The van der Waals surface area contributed by atoms with Crippen LogP contribution < -0.4 is 0 Å². The fourth-order valence-corrected chi connectivity index (χ4v) is 1.94. The van der Waals surface area contributed by atoms with Crippen LogP contribution in [-0.2, 0) is 11.3 Å². The minimum atomic E-state index is -0.398. The molecule has 0 aliphatic carbocycles. The summed E-state index contributed by atoms with van der Waals surface area (Å²) in [5, 5.41) is 4.93. The molecule has 2 rings (SSSR count). The summed E-state index contributed by atoms with van der Waals surface area (Å²) in [6.07, 6.45) is 0. The molecule has 5 heteroatoms. The average molecular weight is 279 g/mol. The van der Waals surface area contributed by atoms with Crippen LogP contribution in [-0.4, -0.2) is 22.4 Å². The van der Waals surface area contributed by atoms with E-state index in [-0.39, 0.29) is 0 Å². The van der Waals surface area contributed by atoms with Crippen LogP contribution in [0.15, 0.2) is 30.3 Å². The third-order valence-corrected chi connectivity index (χ3v) is 2.96. The Kier molecular flexibility index (Phi) is 4.22. The fraction of sp³-hybridized carbons (Fsp3) is 0.286. The van der Waals surface area contributed by atoms with Crippen molar-refractivity contribution in [2.75, 3.05) is 6.61 Å². The number of aromatic nitrogens is 2. The third kappa shape index (κ3) is 2.96. The second kappa shape index (κ2) is 5.89. The van der Waals surface area contributed by atoms with Crippen molar-refractivity contribution in [3.8, 4) is 11.3 Å². The molecule has 2 aromatic rings. The van der Waals surface area contributed by atoms with Gasteiger partial charge in [0.05, 0.1) is 12.3 Å². The largest absolute Gasteiger partial charge is 0.461 e. The smallest absolute Gasteiger partial charge is 0.358 e. The van der Waals surface area contributed by atoms with Crippen LogP contribution in [0.1, 0.15) is 24.3 Å². The van der Waals surface area contributed by atoms with Crippen molar-refractivity contribution in [1.29, 1.82) is 0 Å². The molecule has 0 radical (unpaired) electrons. The maximum absolute atomic E-state index is 11.7. The van der Waals surface area contributed by atoms with Gasteiger partial charge in [0.15, 0.2) is 5.69 Å². The van der Waals surface area contributed by atoms with Crippen molar-refractivity contribution in [1.82, 2.24) is 9.78 Å². The van der Waals surface area contributed by atoms with E-state index in [0.717, 1.165) is 11.3 Å². The van der Waals surface area contributed by atoms with Gasteiger partial charge < -0.3 is 4.74 Å². The third-order valence-electron chi connectivity index (χ3n) is 2.70. The van der Waals surface area contributed by atoms with E-state index >= 15 is 0 Å². The van der Waals surface area contributed by atoms with Crippen LogP contribution >= 0.6 is 11.6 Å². The Bertz CT molecular complexity index is 576. The molecule has 0 fully saturated rings. The number of halogens is 1. The van der Waals surface area contributed by atoms with E-state index < -0.39 is 5.97 Å². The summed E-state index contributed by atoms with van der Waals surface area (Å²) in [5.74, 6) is -0.398. The first-order valence-corrected chi connectivity index (χ1v) is 6.54. The van der Waals surface area contributed by atoms with Gasteiger partial charge >= 0.3 is 5.97 Å². The number of carbonyl (C=O) groups excluding carboxylic acids is 1. The van der Waals surface area contributed by atoms with Crippen LogP contribution in [0.3, 0.4) is 0 Å². The van der Waals surface area contributed by atoms with Crippen molar-refractivity contribution >= 4 is 17.6 Å². The first kappa shape index (κ1) is 13.6. The van der Waals surface area contributed by atoms with Crippen LogP contribution in [0.5, 0.6) is 0 Å². The maximum atomic E-state index is 11.7. The Morgan fingerprint density at radius 2 is 2.00 bits per heavy atom. The standard InChI is InChI=1S/C14H15ClN2O2/c1-3-17-13(10-5-7-11(15)8-6-10)9-12(16-17)14(18)19-4-2/h5-9H,3-4H2,1-2H3. The number of carbonyl (C=O) groups is 1. The number of benzene rings is 1. The molecule has 19 heavy (non-hydrogen) atoms.